The maximum atomic E-state index is 12.4. The fraction of sp³-hybridized carbons (Fsp3) is 0.526. The Morgan fingerprint density at radius 3 is 2.09 bits per heavy atom. The van der Waals surface area contributed by atoms with Gasteiger partial charge in [0.15, 0.2) is 0 Å². The van der Waals surface area contributed by atoms with Crippen molar-refractivity contribution < 1.29 is 4.79 Å². The van der Waals surface area contributed by atoms with Gasteiger partial charge in [0.25, 0.3) is 0 Å². The molecule has 122 valence electrons. The summed E-state index contributed by atoms with van der Waals surface area (Å²) >= 11 is 12.3. The van der Waals surface area contributed by atoms with Gasteiger partial charge >= 0.3 is 0 Å². The average molecular weight is 350 g/mol. The van der Waals surface area contributed by atoms with Gasteiger partial charge in [0, 0.05) is 27.2 Å². The van der Waals surface area contributed by atoms with E-state index in [1.165, 1.54) is 19.3 Å². The second-order valence-corrected chi connectivity index (χ2v) is 8.47. The zero-order valence-corrected chi connectivity index (χ0v) is 14.5. The SMILES string of the molecule is O=C(/C=C/c1c(Cl)cccc1Cl)NC12CC3CC(CC(C3)C1)C2. The summed E-state index contributed by atoms with van der Waals surface area (Å²) in [7, 11) is 0. The zero-order valence-electron chi connectivity index (χ0n) is 13.0. The fourth-order valence-corrected chi connectivity index (χ4v) is 5.92. The molecule has 4 fully saturated rings. The maximum Gasteiger partial charge on any atom is 0.244 e. The molecule has 4 bridgehead atoms. The highest BCUT2D eigenvalue weighted by atomic mass is 35.5. The monoisotopic (exact) mass is 349 g/mol. The van der Waals surface area contributed by atoms with E-state index in [-0.39, 0.29) is 11.4 Å². The van der Waals surface area contributed by atoms with Gasteiger partial charge in [-0.05, 0) is 74.5 Å². The van der Waals surface area contributed by atoms with Crippen LogP contribution in [0, 0.1) is 17.8 Å². The number of carbonyl (C=O) groups is 1. The molecular formula is C19H21Cl2NO. The number of rotatable bonds is 3. The van der Waals surface area contributed by atoms with Crippen molar-refractivity contribution in [2.24, 2.45) is 17.8 Å². The number of amides is 1. The van der Waals surface area contributed by atoms with E-state index in [9.17, 15) is 4.79 Å². The molecule has 5 rings (SSSR count). The van der Waals surface area contributed by atoms with Crippen molar-refractivity contribution in [2.45, 2.75) is 44.1 Å². The first-order chi connectivity index (χ1) is 11.0. The largest absolute Gasteiger partial charge is 0.347 e. The van der Waals surface area contributed by atoms with Crippen LogP contribution in [0.4, 0.5) is 0 Å². The second-order valence-electron chi connectivity index (χ2n) is 7.66. The van der Waals surface area contributed by atoms with E-state index >= 15 is 0 Å². The Morgan fingerprint density at radius 1 is 1.04 bits per heavy atom. The summed E-state index contributed by atoms with van der Waals surface area (Å²) in [6.45, 7) is 0. The van der Waals surface area contributed by atoms with Crippen molar-refractivity contribution in [1.82, 2.24) is 5.32 Å². The van der Waals surface area contributed by atoms with Crippen molar-refractivity contribution in [3.63, 3.8) is 0 Å². The van der Waals surface area contributed by atoms with E-state index in [2.05, 4.69) is 5.32 Å². The first-order valence-electron chi connectivity index (χ1n) is 8.47. The predicted octanol–water partition coefficient (Wildman–Crippen LogP) is 5.09. The molecule has 0 radical (unpaired) electrons. The minimum atomic E-state index is -0.0251. The van der Waals surface area contributed by atoms with Gasteiger partial charge in [-0.1, -0.05) is 29.3 Å². The third-order valence-electron chi connectivity index (χ3n) is 5.83. The normalized spacial score (nSPS) is 35.0. The van der Waals surface area contributed by atoms with Crippen LogP contribution in [0.2, 0.25) is 10.0 Å². The van der Waals surface area contributed by atoms with E-state index in [0.29, 0.717) is 15.6 Å². The Bertz CT molecular complexity index is 612. The minimum Gasteiger partial charge on any atom is -0.347 e. The third-order valence-corrected chi connectivity index (χ3v) is 6.49. The summed E-state index contributed by atoms with van der Waals surface area (Å²) in [4.78, 5) is 12.4. The molecule has 4 aliphatic carbocycles. The van der Waals surface area contributed by atoms with Crippen LogP contribution in [-0.2, 0) is 4.79 Å². The van der Waals surface area contributed by atoms with Gasteiger partial charge in [0.1, 0.15) is 0 Å². The van der Waals surface area contributed by atoms with Crippen molar-refractivity contribution >= 4 is 35.2 Å². The van der Waals surface area contributed by atoms with Gasteiger partial charge in [0.2, 0.25) is 5.91 Å². The Hall–Kier alpha value is -0.990. The highest BCUT2D eigenvalue weighted by Gasteiger charge is 2.51. The molecule has 1 aromatic carbocycles. The maximum absolute atomic E-state index is 12.4. The quantitative estimate of drug-likeness (QED) is 0.756. The van der Waals surface area contributed by atoms with Gasteiger partial charge in [-0.3, -0.25) is 4.79 Å². The van der Waals surface area contributed by atoms with Crippen LogP contribution in [0.25, 0.3) is 6.08 Å². The van der Waals surface area contributed by atoms with Gasteiger partial charge in [-0.15, -0.1) is 0 Å². The lowest BCUT2D eigenvalue weighted by Gasteiger charge is -2.56. The summed E-state index contributed by atoms with van der Waals surface area (Å²) in [5.74, 6) is 2.44. The second kappa shape index (κ2) is 5.82. The van der Waals surface area contributed by atoms with E-state index in [4.69, 9.17) is 23.2 Å². The lowest BCUT2D eigenvalue weighted by Crippen LogP contribution is -2.59. The van der Waals surface area contributed by atoms with Crippen LogP contribution in [-0.4, -0.2) is 11.4 Å². The van der Waals surface area contributed by atoms with Crippen molar-refractivity contribution in [1.29, 1.82) is 0 Å². The van der Waals surface area contributed by atoms with Crippen LogP contribution in [0.5, 0.6) is 0 Å². The molecule has 4 aliphatic rings. The van der Waals surface area contributed by atoms with Crippen LogP contribution in [0.1, 0.15) is 44.1 Å². The highest BCUT2D eigenvalue weighted by Crippen LogP contribution is 2.55. The summed E-state index contributed by atoms with van der Waals surface area (Å²) < 4.78 is 0. The molecule has 0 atom stereocenters. The van der Waals surface area contributed by atoms with E-state index < -0.39 is 0 Å². The third kappa shape index (κ3) is 3.04. The van der Waals surface area contributed by atoms with E-state index in [0.717, 1.165) is 37.0 Å². The molecule has 4 saturated carbocycles. The molecule has 1 N–H and O–H groups in total. The lowest BCUT2D eigenvalue weighted by molar-refractivity contribution is -0.122. The molecule has 0 saturated heterocycles. The average Bonchev–Trinajstić information content (AvgIpc) is 2.44. The first-order valence-corrected chi connectivity index (χ1v) is 9.23. The van der Waals surface area contributed by atoms with Crippen molar-refractivity contribution in [3.05, 3.63) is 39.9 Å². The first kappa shape index (κ1) is 15.5. The Kier molecular flexibility index (Phi) is 3.93. The predicted molar refractivity (Wildman–Crippen MR) is 94.5 cm³/mol. The summed E-state index contributed by atoms with van der Waals surface area (Å²) in [6, 6.07) is 5.37. The summed E-state index contributed by atoms with van der Waals surface area (Å²) in [5, 5.41) is 4.45. The number of hydrogen-bond donors (Lipinski definition) is 1. The standard InChI is InChI=1S/C19H21Cl2NO/c20-16-2-1-3-17(21)15(16)4-5-18(23)22-19-9-12-6-13(10-19)8-14(7-12)11-19/h1-5,12-14H,6-11H2,(H,22,23)/b5-4+. The minimum absolute atomic E-state index is 0.0251. The molecule has 23 heavy (non-hydrogen) atoms. The molecule has 0 aliphatic heterocycles. The molecular weight excluding hydrogens is 329 g/mol. The zero-order chi connectivity index (χ0) is 16.0. The van der Waals surface area contributed by atoms with E-state index in [1.807, 2.05) is 0 Å². The Balaban J connectivity index is 1.47. The summed E-state index contributed by atoms with van der Waals surface area (Å²) in [5.41, 5.74) is 0.747. The topological polar surface area (TPSA) is 29.1 Å². The number of hydrogen-bond acceptors (Lipinski definition) is 1. The van der Waals surface area contributed by atoms with Crippen LogP contribution in [0.3, 0.4) is 0 Å². The molecule has 4 heteroatoms. The molecule has 1 aromatic rings. The van der Waals surface area contributed by atoms with Gasteiger partial charge in [-0.25, -0.2) is 0 Å². The van der Waals surface area contributed by atoms with Crippen LogP contribution >= 0.6 is 23.2 Å². The summed E-state index contributed by atoms with van der Waals surface area (Å²) in [6.07, 6.45) is 10.9. The Morgan fingerprint density at radius 2 is 1.57 bits per heavy atom. The van der Waals surface area contributed by atoms with Gasteiger partial charge < -0.3 is 5.32 Å². The molecule has 0 spiro atoms. The van der Waals surface area contributed by atoms with Gasteiger partial charge in [-0.2, -0.15) is 0 Å². The number of benzene rings is 1. The molecule has 0 aromatic heterocycles. The number of halogens is 2. The number of nitrogens with one attached hydrogen (secondary N) is 1. The van der Waals surface area contributed by atoms with Crippen LogP contribution in [0.15, 0.2) is 24.3 Å². The van der Waals surface area contributed by atoms with Crippen molar-refractivity contribution in [3.8, 4) is 0 Å². The van der Waals surface area contributed by atoms with E-state index in [1.54, 1.807) is 30.4 Å². The van der Waals surface area contributed by atoms with Gasteiger partial charge in [0.05, 0.1) is 0 Å². The highest BCUT2D eigenvalue weighted by molar-refractivity contribution is 6.37. The lowest BCUT2D eigenvalue weighted by atomic mass is 9.53. The smallest absolute Gasteiger partial charge is 0.244 e. The number of carbonyl (C=O) groups excluding carboxylic acids is 1. The molecule has 0 heterocycles. The Labute approximate surface area is 147 Å². The van der Waals surface area contributed by atoms with Crippen LogP contribution < -0.4 is 5.32 Å². The van der Waals surface area contributed by atoms with Crippen molar-refractivity contribution in [2.75, 3.05) is 0 Å². The molecule has 0 unspecified atom stereocenters. The fourth-order valence-electron chi connectivity index (χ4n) is 5.40. The molecule has 1 amide bonds. The molecule has 2 nitrogen and oxygen atoms in total.